The summed E-state index contributed by atoms with van der Waals surface area (Å²) in [7, 11) is -3.71. The number of aromatic nitrogens is 4. The summed E-state index contributed by atoms with van der Waals surface area (Å²) in [4.78, 5) is 11.6. The second-order valence-corrected chi connectivity index (χ2v) is 4.39. The molecular formula is C5H2N5O4P. The van der Waals surface area contributed by atoms with Gasteiger partial charge in [0.25, 0.3) is 0 Å². The average molecular weight is 227 g/mol. The van der Waals surface area contributed by atoms with Gasteiger partial charge in [-0.25, -0.2) is 0 Å². The molecule has 15 heavy (non-hydrogen) atoms. The molecule has 2 aromatic heterocycles. The average Bonchev–Trinajstić information content (AvgIpc) is 2.54. The first-order valence-corrected chi connectivity index (χ1v) is 5.36. The van der Waals surface area contributed by atoms with Crippen LogP contribution in [-0.2, 0) is 4.57 Å². The monoisotopic (exact) mass is 227 g/mol. The van der Waals surface area contributed by atoms with Crippen LogP contribution in [0.5, 0.6) is 12.0 Å². The Kier molecular flexibility index (Phi) is 0.897. The van der Waals surface area contributed by atoms with Crippen LogP contribution in [0.25, 0.3) is 11.2 Å². The summed E-state index contributed by atoms with van der Waals surface area (Å²) in [5, 5.41) is 0. The summed E-state index contributed by atoms with van der Waals surface area (Å²) in [6, 6.07) is -0.162. The predicted molar refractivity (Wildman–Crippen MR) is 45.2 cm³/mol. The zero-order valence-corrected chi connectivity index (χ0v) is 7.84. The Balaban J connectivity index is 2.31. The summed E-state index contributed by atoms with van der Waals surface area (Å²) in [5.41, 5.74) is 6.23. The van der Waals surface area contributed by atoms with Gasteiger partial charge in [-0.15, -0.1) is 4.73 Å². The van der Waals surface area contributed by atoms with E-state index in [1.165, 1.54) is 0 Å². The molecule has 9 nitrogen and oxygen atoms in total. The van der Waals surface area contributed by atoms with Crippen LogP contribution in [0.2, 0.25) is 0 Å². The molecule has 76 valence electrons. The smallest absolute Gasteiger partial charge is 0.382 e. The van der Waals surface area contributed by atoms with E-state index in [1.807, 2.05) is 0 Å². The van der Waals surface area contributed by atoms with Crippen molar-refractivity contribution in [2.24, 2.45) is 0 Å². The lowest BCUT2D eigenvalue weighted by molar-refractivity contribution is 0.247. The molecule has 4 aliphatic heterocycles. The Hall–Kier alpha value is -2.02. The molecule has 0 radical (unpaired) electrons. The van der Waals surface area contributed by atoms with Crippen molar-refractivity contribution >= 4 is 24.8 Å². The second kappa shape index (κ2) is 1.84. The number of nitrogens with zero attached hydrogens (tertiary/aromatic N) is 4. The van der Waals surface area contributed by atoms with E-state index in [1.54, 1.807) is 0 Å². The molecule has 0 spiro atoms. The third kappa shape index (κ3) is 0.711. The predicted octanol–water partition coefficient (Wildman–Crippen LogP) is -0.270. The molecule has 2 N–H and O–H groups in total. The maximum atomic E-state index is 11.7. The van der Waals surface area contributed by atoms with Gasteiger partial charge in [-0.05, 0) is 0 Å². The van der Waals surface area contributed by atoms with Crippen LogP contribution >= 0.6 is 7.82 Å². The lowest BCUT2D eigenvalue weighted by atomic mass is 10.5. The first-order valence-electron chi connectivity index (χ1n) is 3.90. The van der Waals surface area contributed by atoms with Gasteiger partial charge >= 0.3 is 19.8 Å². The Bertz CT molecular complexity index is 665. The summed E-state index contributed by atoms with van der Waals surface area (Å²) < 4.78 is 27.6. The fraction of sp³-hybridized carbons (Fsp3) is 0. The van der Waals surface area contributed by atoms with E-state index in [0.717, 1.165) is 4.73 Å². The van der Waals surface area contributed by atoms with Crippen molar-refractivity contribution in [2.75, 3.05) is 5.73 Å². The van der Waals surface area contributed by atoms with Gasteiger partial charge in [-0.2, -0.15) is 19.5 Å². The molecule has 0 amide bonds. The van der Waals surface area contributed by atoms with E-state index in [-0.39, 0.29) is 23.5 Å². The summed E-state index contributed by atoms with van der Waals surface area (Å²) >= 11 is 0. The van der Waals surface area contributed by atoms with E-state index in [2.05, 4.69) is 15.0 Å². The van der Waals surface area contributed by atoms with Crippen molar-refractivity contribution in [1.82, 2.24) is 19.7 Å². The molecule has 6 heterocycles. The number of fused-ring (bicyclic) bond motifs is 1. The van der Waals surface area contributed by atoms with Crippen LogP contribution in [0.3, 0.4) is 0 Å². The minimum absolute atomic E-state index is 0.00573. The molecular weight excluding hydrogens is 225 g/mol. The Morgan fingerprint density at radius 2 is 2.13 bits per heavy atom. The van der Waals surface area contributed by atoms with Gasteiger partial charge < -0.3 is 14.8 Å². The molecule has 0 saturated carbocycles. The third-order valence-corrected chi connectivity index (χ3v) is 3.16. The van der Waals surface area contributed by atoms with E-state index in [4.69, 9.17) is 19.4 Å². The van der Waals surface area contributed by atoms with Crippen LogP contribution in [0.1, 0.15) is 0 Å². The van der Waals surface area contributed by atoms with Crippen molar-refractivity contribution in [3.63, 3.8) is 0 Å². The van der Waals surface area contributed by atoms with E-state index >= 15 is 0 Å². The highest BCUT2D eigenvalue weighted by molar-refractivity contribution is 7.49. The largest absolute Gasteiger partial charge is 0.671 e. The van der Waals surface area contributed by atoms with Crippen LogP contribution < -0.4 is 19.4 Å². The number of nitrogen functional groups attached to an aromatic ring is 1. The van der Waals surface area contributed by atoms with Crippen LogP contribution in [0.4, 0.5) is 5.82 Å². The van der Waals surface area contributed by atoms with E-state index < -0.39 is 7.82 Å². The maximum absolute atomic E-state index is 11.7. The number of anilines is 1. The molecule has 6 bridgehead atoms. The van der Waals surface area contributed by atoms with E-state index in [9.17, 15) is 4.57 Å². The summed E-state index contributed by atoms with van der Waals surface area (Å²) in [6.07, 6.45) is 0. The fourth-order valence-electron chi connectivity index (χ4n) is 1.47. The van der Waals surface area contributed by atoms with Crippen LogP contribution in [0, 0.1) is 0 Å². The molecule has 2 aromatic rings. The zero-order valence-electron chi connectivity index (χ0n) is 6.95. The number of phosphoric acid groups is 1. The van der Waals surface area contributed by atoms with Crippen molar-refractivity contribution < 1.29 is 18.2 Å². The van der Waals surface area contributed by atoms with Gasteiger partial charge in [0.1, 0.15) is 0 Å². The molecule has 1 atom stereocenters. The number of rotatable bonds is 0. The third-order valence-electron chi connectivity index (χ3n) is 2.02. The molecule has 0 aromatic carbocycles. The standard InChI is InChI=1S/C5H2N5O4P/c6-2-1-3-8-4(7-2)12-15(11)13-5(9-3)10(1)14-15/h(H2,6,7,8). The Morgan fingerprint density at radius 3 is 3.00 bits per heavy atom. The van der Waals surface area contributed by atoms with Gasteiger partial charge in [0.15, 0.2) is 17.0 Å². The van der Waals surface area contributed by atoms with Crippen molar-refractivity contribution in [1.29, 1.82) is 0 Å². The summed E-state index contributed by atoms with van der Waals surface area (Å²) in [5.74, 6) is 0.130. The number of phosphoric ester groups is 1. The lowest BCUT2D eigenvalue weighted by Crippen LogP contribution is -2.13. The molecule has 0 aliphatic carbocycles. The van der Waals surface area contributed by atoms with E-state index in [0.29, 0.717) is 5.52 Å². The molecule has 6 rings (SSSR count). The minimum atomic E-state index is -3.71. The van der Waals surface area contributed by atoms with Gasteiger partial charge in [0, 0.05) is 0 Å². The maximum Gasteiger partial charge on any atom is 0.671 e. The van der Waals surface area contributed by atoms with Crippen LogP contribution in [0.15, 0.2) is 0 Å². The molecule has 1 unspecified atom stereocenters. The SMILES string of the molecule is Nc1nc2nc3nc4n(c13)OP(=O)(O2)O4. The van der Waals surface area contributed by atoms with Gasteiger partial charge in [0.05, 0.1) is 0 Å². The zero-order chi connectivity index (χ0) is 10.2. The highest BCUT2D eigenvalue weighted by Gasteiger charge is 2.47. The Morgan fingerprint density at radius 1 is 1.27 bits per heavy atom. The van der Waals surface area contributed by atoms with Gasteiger partial charge in [-0.3, -0.25) is 4.62 Å². The molecule has 10 heteroatoms. The quantitative estimate of drug-likeness (QED) is 0.611. The molecule has 4 aliphatic rings. The summed E-state index contributed by atoms with van der Waals surface area (Å²) in [6.45, 7) is 0. The first-order chi connectivity index (χ1) is 7.15. The highest BCUT2D eigenvalue weighted by Crippen LogP contribution is 2.53. The first kappa shape index (κ1) is 7.30. The fourth-order valence-corrected chi connectivity index (χ4v) is 2.52. The van der Waals surface area contributed by atoms with Gasteiger partial charge in [-0.1, -0.05) is 0 Å². The highest BCUT2D eigenvalue weighted by atomic mass is 31.2. The van der Waals surface area contributed by atoms with Crippen molar-refractivity contribution in [3.8, 4) is 12.0 Å². The number of hydrogen-bond donors (Lipinski definition) is 1. The number of nitrogens with two attached hydrogens (primary N) is 1. The normalized spacial score (nSPS) is 25.1. The topological polar surface area (TPSA) is 114 Å². The second-order valence-electron chi connectivity index (χ2n) is 2.96. The lowest BCUT2D eigenvalue weighted by Gasteiger charge is -2.12. The van der Waals surface area contributed by atoms with Crippen molar-refractivity contribution in [3.05, 3.63) is 0 Å². The molecule has 0 fully saturated rings. The minimum Gasteiger partial charge on any atom is -0.382 e. The van der Waals surface area contributed by atoms with Crippen LogP contribution in [-0.4, -0.2) is 19.7 Å². The van der Waals surface area contributed by atoms with Gasteiger partial charge in [0.2, 0.25) is 0 Å². The molecule has 0 saturated heterocycles. The van der Waals surface area contributed by atoms with Crippen molar-refractivity contribution in [2.45, 2.75) is 0 Å². The number of hydrogen-bond acceptors (Lipinski definition) is 8. The Labute approximate surface area is 81.4 Å². The number of imidazole rings is 1.